The van der Waals surface area contributed by atoms with E-state index in [-0.39, 0.29) is 36.9 Å². The highest BCUT2D eigenvalue weighted by Crippen LogP contribution is 2.31. The number of nitrogens with one attached hydrogen (secondary N) is 1. The lowest BCUT2D eigenvalue weighted by atomic mass is 9.97. The highest BCUT2D eigenvalue weighted by molar-refractivity contribution is 6.09. The molecule has 0 spiro atoms. The maximum Gasteiger partial charge on any atom is 0.330 e. The fourth-order valence-corrected chi connectivity index (χ4v) is 5.77. The van der Waals surface area contributed by atoms with Crippen LogP contribution in [0, 0.1) is 0 Å². The standard InChI is InChI=1S/C33H32N4O4/c34-31-30(32(39)35-33(40)37(31)20-23-11-5-2-6-12-23)36(18-17-22-9-3-1-4-10-22)28(38)19-25-21-41-27-16-15-24-13-7-8-14-26(24)29(25)27/h2,5-9,11-16,21H,1,3-4,10,17-20,34H2,(H,35,39,40). The van der Waals surface area contributed by atoms with Gasteiger partial charge in [-0.1, -0.05) is 72.3 Å². The Hall–Kier alpha value is -4.85. The molecule has 0 bridgehead atoms. The number of fused-ring (bicyclic) bond motifs is 3. The number of benzene rings is 3. The summed E-state index contributed by atoms with van der Waals surface area (Å²) >= 11 is 0. The molecule has 0 radical (unpaired) electrons. The summed E-state index contributed by atoms with van der Waals surface area (Å²) in [6.07, 6.45) is 8.73. The van der Waals surface area contributed by atoms with Crippen LogP contribution in [-0.2, 0) is 17.8 Å². The average Bonchev–Trinajstić information content (AvgIpc) is 3.41. The SMILES string of the molecule is Nc1c(N(CCC2=CCCCC2)C(=O)Cc2coc3ccc4ccccc4c23)c(=O)[nH]c(=O)n1Cc1ccccc1. The largest absolute Gasteiger partial charge is 0.464 e. The third-order valence-corrected chi connectivity index (χ3v) is 7.89. The molecule has 3 N–H and O–H groups in total. The minimum Gasteiger partial charge on any atom is -0.464 e. The number of aromatic nitrogens is 2. The lowest BCUT2D eigenvalue weighted by molar-refractivity contribution is -0.118. The van der Waals surface area contributed by atoms with Crippen molar-refractivity contribution in [1.82, 2.24) is 9.55 Å². The van der Waals surface area contributed by atoms with Gasteiger partial charge in [-0.05, 0) is 54.5 Å². The van der Waals surface area contributed by atoms with Gasteiger partial charge in [0.1, 0.15) is 11.4 Å². The summed E-state index contributed by atoms with van der Waals surface area (Å²) in [5.41, 5.74) is 8.78. The van der Waals surface area contributed by atoms with Gasteiger partial charge in [0, 0.05) is 17.5 Å². The van der Waals surface area contributed by atoms with Crippen LogP contribution in [0.2, 0.25) is 0 Å². The monoisotopic (exact) mass is 548 g/mol. The fourth-order valence-electron chi connectivity index (χ4n) is 5.77. The molecule has 0 fully saturated rings. The van der Waals surface area contributed by atoms with Crippen molar-refractivity contribution in [2.45, 2.75) is 45.1 Å². The first kappa shape index (κ1) is 26.4. The molecule has 0 saturated carbocycles. The maximum absolute atomic E-state index is 14.1. The number of anilines is 2. The van der Waals surface area contributed by atoms with E-state index in [0.29, 0.717) is 12.0 Å². The van der Waals surface area contributed by atoms with Crippen LogP contribution in [0.1, 0.15) is 43.2 Å². The molecule has 0 atom stereocenters. The minimum absolute atomic E-state index is 0.000371. The Morgan fingerprint density at radius 3 is 2.61 bits per heavy atom. The predicted octanol–water partition coefficient (Wildman–Crippen LogP) is 5.53. The van der Waals surface area contributed by atoms with E-state index in [1.165, 1.54) is 15.0 Å². The zero-order valence-electron chi connectivity index (χ0n) is 22.8. The van der Waals surface area contributed by atoms with Crippen molar-refractivity contribution in [2.24, 2.45) is 0 Å². The van der Waals surface area contributed by atoms with Crippen LogP contribution >= 0.6 is 0 Å². The summed E-state index contributed by atoms with van der Waals surface area (Å²) in [5, 5.41) is 2.92. The molecule has 41 heavy (non-hydrogen) atoms. The number of furan rings is 1. The van der Waals surface area contributed by atoms with Crippen LogP contribution in [0.4, 0.5) is 11.5 Å². The van der Waals surface area contributed by atoms with Crippen molar-refractivity contribution in [2.75, 3.05) is 17.2 Å². The third kappa shape index (κ3) is 5.33. The summed E-state index contributed by atoms with van der Waals surface area (Å²) < 4.78 is 7.14. The Morgan fingerprint density at radius 1 is 1.00 bits per heavy atom. The predicted molar refractivity (Wildman–Crippen MR) is 162 cm³/mol. The van der Waals surface area contributed by atoms with Crippen LogP contribution in [0.3, 0.4) is 0 Å². The van der Waals surface area contributed by atoms with Crippen molar-refractivity contribution in [3.63, 3.8) is 0 Å². The van der Waals surface area contributed by atoms with Gasteiger partial charge in [0.2, 0.25) is 5.91 Å². The van der Waals surface area contributed by atoms with Crippen molar-refractivity contribution in [1.29, 1.82) is 0 Å². The molecule has 2 heterocycles. The van der Waals surface area contributed by atoms with Crippen LogP contribution in [-0.4, -0.2) is 22.0 Å². The Kier molecular flexibility index (Phi) is 7.29. The van der Waals surface area contributed by atoms with Crippen LogP contribution in [0.25, 0.3) is 21.7 Å². The Bertz CT molecular complexity index is 1880. The first-order valence-electron chi connectivity index (χ1n) is 14.0. The first-order chi connectivity index (χ1) is 20.0. The number of nitrogens with two attached hydrogens (primary N) is 1. The quantitative estimate of drug-likeness (QED) is 0.247. The lowest BCUT2D eigenvalue weighted by Gasteiger charge is -2.25. The van der Waals surface area contributed by atoms with Gasteiger partial charge >= 0.3 is 5.69 Å². The molecule has 1 amide bonds. The molecule has 2 aromatic heterocycles. The summed E-state index contributed by atoms with van der Waals surface area (Å²) in [6.45, 7) is 0.443. The summed E-state index contributed by atoms with van der Waals surface area (Å²) in [5.74, 6) is -0.324. The smallest absolute Gasteiger partial charge is 0.330 e. The molecule has 8 nitrogen and oxygen atoms in total. The molecular formula is C33H32N4O4. The molecule has 8 heteroatoms. The van der Waals surface area contributed by atoms with E-state index in [4.69, 9.17) is 10.2 Å². The molecule has 1 aliphatic rings. The number of H-pyrrole nitrogens is 1. The molecule has 0 saturated heterocycles. The number of amides is 1. The Labute approximate surface area is 236 Å². The number of hydrogen-bond donors (Lipinski definition) is 2. The van der Waals surface area contributed by atoms with E-state index >= 15 is 0 Å². The van der Waals surface area contributed by atoms with E-state index < -0.39 is 11.2 Å². The summed E-state index contributed by atoms with van der Waals surface area (Å²) in [6, 6.07) is 21.2. The number of carbonyl (C=O) groups is 1. The van der Waals surface area contributed by atoms with Crippen molar-refractivity contribution in [3.8, 4) is 0 Å². The van der Waals surface area contributed by atoms with Gasteiger partial charge in [0.15, 0.2) is 5.69 Å². The summed E-state index contributed by atoms with van der Waals surface area (Å²) in [4.78, 5) is 44.1. The third-order valence-electron chi connectivity index (χ3n) is 7.89. The topological polar surface area (TPSA) is 114 Å². The van der Waals surface area contributed by atoms with Gasteiger partial charge < -0.3 is 15.1 Å². The normalized spacial score (nSPS) is 13.4. The van der Waals surface area contributed by atoms with Gasteiger partial charge in [-0.3, -0.25) is 19.1 Å². The second-order valence-electron chi connectivity index (χ2n) is 10.6. The number of nitrogen functional groups attached to an aromatic ring is 1. The molecule has 0 aliphatic heterocycles. The van der Waals surface area contributed by atoms with Gasteiger partial charge in [-0.25, -0.2) is 4.79 Å². The molecule has 3 aromatic carbocycles. The van der Waals surface area contributed by atoms with Crippen molar-refractivity contribution < 1.29 is 9.21 Å². The lowest BCUT2D eigenvalue weighted by Crippen LogP contribution is -2.42. The van der Waals surface area contributed by atoms with Crippen LogP contribution in [0.15, 0.2) is 98.6 Å². The molecule has 0 unspecified atom stereocenters. The number of rotatable bonds is 8. The highest BCUT2D eigenvalue weighted by atomic mass is 16.3. The fraction of sp³-hybridized carbons (Fsp3) is 0.242. The molecule has 208 valence electrons. The van der Waals surface area contributed by atoms with E-state index in [1.807, 2.05) is 66.7 Å². The highest BCUT2D eigenvalue weighted by Gasteiger charge is 2.26. The van der Waals surface area contributed by atoms with E-state index in [0.717, 1.165) is 53.0 Å². The molecule has 1 aliphatic carbocycles. The average molecular weight is 549 g/mol. The van der Waals surface area contributed by atoms with Gasteiger partial charge in [-0.15, -0.1) is 0 Å². The number of nitrogens with zero attached hydrogens (tertiary/aromatic N) is 2. The second-order valence-corrected chi connectivity index (χ2v) is 10.6. The van der Waals surface area contributed by atoms with Gasteiger partial charge in [0.25, 0.3) is 5.56 Å². The Balaban J connectivity index is 1.40. The summed E-state index contributed by atoms with van der Waals surface area (Å²) in [7, 11) is 0. The molecule has 6 rings (SSSR count). The molecule has 5 aromatic rings. The minimum atomic E-state index is -0.676. The zero-order chi connectivity index (χ0) is 28.3. The van der Waals surface area contributed by atoms with E-state index in [1.54, 1.807) is 6.26 Å². The van der Waals surface area contributed by atoms with E-state index in [2.05, 4.69) is 11.1 Å². The Morgan fingerprint density at radius 2 is 1.80 bits per heavy atom. The number of carbonyl (C=O) groups excluding carboxylic acids is 1. The van der Waals surface area contributed by atoms with E-state index in [9.17, 15) is 14.4 Å². The van der Waals surface area contributed by atoms with Crippen LogP contribution < -0.4 is 21.9 Å². The zero-order valence-corrected chi connectivity index (χ0v) is 22.8. The number of hydrogen-bond acceptors (Lipinski definition) is 5. The van der Waals surface area contributed by atoms with Gasteiger partial charge in [-0.2, -0.15) is 0 Å². The maximum atomic E-state index is 14.1. The van der Waals surface area contributed by atoms with Crippen molar-refractivity contribution in [3.05, 3.63) is 117 Å². The second kappa shape index (κ2) is 11.3. The first-order valence-corrected chi connectivity index (χ1v) is 14.0. The number of aromatic amines is 1. The van der Waals surface area contributed by atoms with Gasteiger partial charge in [0.05, 0.1) is 19.2 Å². The molecular weight excluding hydrogens is 516 g/mol. The van der Waals surface area contributed by atoms with Crippen LogP contribution in [0.5, 0.6) is 0 Å². The number of allylic oxidation sites excluding steroid dienone is 1. The van der Waals surface area contributed by atoms with Crippen molar-refractivity contribution >= 4 is 39.2 Å².